The fourth-order valence-corrected chi connectivity index (χ4v) is 3.37. The van der Waals surface area contributed by atoms with Crippen LogP contribution in [0.15, 0.2) is 42.5 Å². The number of halogens is 3. The Morgan fingerprint density at radius 2 is 1.85 bits per heavy atom. The van der Waals surface area contributed by atoms with Gasteiger partial charge in [0.05, 0.1) is 17.9 Å². The Morgan fingerprint density at radius 3 is 2.56 bits per heavy atom. The lowest BCUT2D eigenvalue weighted by Crippen LogP contribution is -2.07. The minimum absolute atomic E-state index is 0.168. The van der Waals surface area contributed by atoms with Gasteiger partial charge in [0.25, 0.3) is 0 Å². The molecule has 3 nitrogen and oxygen atoms in total. The fourth-order valence-electron chi connectivity index (χ4n) is 3.37. The number of aromatic amines is 1. The molecule has 0 bridgehead atoms. The van der Waals surface area contributed by atoms with E-state index in [0.29, 0.717) is 31.0 Å². The van der Waals surface area contributed by atoms with Gasteiger partial charge in [-0.3, -0.25) is 0 Å². The molecular formula is C21H23F3N2O. The first-order chi connectivity index (χ1) is 13.0. The van der Waals surface area contributed by atoms with E-state index in [-0.39, 0.29) is 5.56 Å². The predicted octanol–water partition coefficient (Wildman–Crippen LogP) is 5.53. The average Bonchev–Trinajstić information content (AvgIpc) is 2.99. The molecule has 0 aliphatic rings. The maximum atomic E-state index is 13.5. The van der Waals surface area contributed by atoms with E-state index in [4.69, 9.17) is 10.5 Å². The third kappa shape index (κ3) is 4.11. The topological polar surface area (TPSA) is 51.0 Å². The summed E-state index contributed by atoms with van der Waals surface area (Å²) in [6.07, 6.45) is -2.14. The standard InChI is InChI=1S/C21H23F3N2O/c1-2-27-14-10-11-19-17(13-14)15(7-5-6-12-25)20(26-19)16-8-3-4-9-18(16)21(22,23)24/h3-4,8-11,13,26H,2,5-7,12,25H2,1H3. The van der Waals surface area contributed by atoms with Crippen molar-refractivity contribution in [1.29, 1.82) is 0 Å². The van der Waals surface area contributed by atoms with Crippen molar-refractivity contribution >= 4 is 10.9 Å². The summed E-state index contributed by atoms with van der Waals surface area (Å²) >= 11 is 0. The number of rotatable bonds is 7. The lowest BCUT2D eigenvalue weighted by atomic mass is 9.97. The van der Waals surface area contributed by atoms with Gasteiger partial charge in [0.2, 0.25) is 0 Å². The molecule has 0 saturated carbocycles. The molecule has 0 aliphatic carbocycles. The van der Waals surface area contributed by atoms with Crippen molar-refractivity contribution in [2.75, 3.05) is 13.2 Å². The SMILES string of the molecule is CCOc1ccc2[nH]c(-c3ccccc3C(F)(F)F)c(CCCCN)c2c1. The van der Waals surface area contributed by atoms with E-state index in [0.717, 1.165) is 35.4 Å². The van der Waals surface area contributed by atoms with Gasteiger partial charge in [0.1, 0.15) is 5.75 Å². The molecule has 1 heterocycles. The van der Waals surface area contributed by atoms with Gasteiger partial charge in [-0.25, -0.2) is 0 Å². The highest BCUT2D eigenvalue weighted by atomic mass is 19.4. The first kappa shape index (κ1) is 19.3. The van der Waals surface area contributed by atoms with Crippen molar-refractivity contribution in [1.82, 2.24) is 4.98 Å². The second kappa shape index (κ2) is 8.05. The largest absolute Gasteiger partial charge is 0.494 e. The van der Waals surface area contributed by atoms with Crippen molar-refractivity contribution < 1.29 is 17.9 Å². The van der Waals surface area contributed by atoms with Gasteiger partial charge >= 0.3 is 6.18 Å². The lowest BCUT2D eigenvalue weighted by Gasteiger charge is -2.13. The molecular weight excluding hydrogens is 353 g/mol. The molecule has 0 amide bonds. The molecule has 3 aromatic rings. The maximum Gasteiger partial charge on any atom is 0.417 e. The van der Waals surface area contributed by atoms with Crippen LogP contribution in [0.1, 0.15) is 30.9 Å². The number of nitrogens with one attached hydrogen (secondary N) is 1. The molecule has 0 spiro atoms. The summed E-state index contributed by atoms with van der Waals surface area (Å²) in [6, 6.07) is 11.3. The number of ether oxygens (including phenoxy) is 1. The summed E-state index contributed by atoms with van der Waals surface area (Å²) in [5.74, 6) is 0.708. The van der Waals surface area contributed by atoms with Crippen LogP contribution in [0.5, 0.6) is 5.75 Å². The van der Waals surface area contributed by atoms with Gasteiger partial charge in [-0.05, 0) is 62.6 Å². The molecule has 6 heteroatoms. The summed E-state index contributed by atoms with van der Waals surface area (Å²) in [4.78, 5) is 3.20. The van der Waals surface area contributed by atoms with Crippen LogP contribution in [0, 0.1) is 0 Å². The number of fused-ring (bicyclic) bond motifs is 1. The Morgan fingerprint density at radius 1 is 1.07 bits per heavy atom. The second-order valence-electron chi connectivity index (χ2n) is 6.41. The van der Waals surface area contributed by atoms with Gasteiger partial charge in [0, 0.05) is 16.5 Å². The molecule has 1 aromatic heterocycles. The molecule has 3 N–H and O–H groups in total. The number of unbranched alkanes of at least 4 members (excludes halogenated alkanes) is 1. The molecule has 144 valence electrons. The second-order valence-corrected chi connectivity index (χ2v) is 6.41. The zero-order chi connectivity index (χ0) is 19.4. The quantitative estimate of drug-likeness (QED) is 0.533. The van der Waals surface area contributed by atoms with Crippen LogP contribution in [0.2, 0.25) is 0 Å². The molecule has 0 unspecified atom stereocenters. The van der Waals surface area contributed by atoms with Crippen molar-refractivity contribution in [3.63, 3.8) is 0 Å². The Labute approximate surface area is 156 Å². The predicted molar refractivity (Wildman–Crippen MR) is 102 cm³/mol. The smallest absolute Gasteiger partial charge is 0.417 e. The van der Waals surface area contributed by atoms with Gasteiger partial charge in [-0.15, -0.1) is 0 Å². The fraction of sp³-hybridized carbons (Fsp3) is 0.333. The Balaban J connectivity index is 2.19. The van der Waals surface area contributed by atoms with Crippen LogP contribution in [0.25, 0.3) is 22.2 Å². The highest BCUT2D eigenvalue weighted by Crippen LogP contribution is 2.40. The van der Waals surface area contributed by atoms with Crippen LogP contribution < -0.4 is 10.5 Å². The Bertz CT molecular complexity index is 915. The number of benzene rings is 2. The van der Waals surface area contributed by atoms with Gasteiger partial charge < -0.3 is 15.5 Å². The summed E-state index contributed by atoms with van der Waals surface area (Å²) in [5.41, 5.74) is 7.32. The Hall–Kier alpha value is -2.47. The van der Waals surface area contributed by atoms with Crippen LogP contribution in [0.3, 0.4) is 0 Å². The van der Waals surface area contributed by atoms with Crippen LogP contribution in [0.4, 0.5) is 13.2 Å². The normalized spacial score (nSPS) is 11.9. The molecule has 0 saturated heterocycles. The van der Waals surface area contributed by atoms with Crippen LogP contribution in [-0.2, 0) is 12.6 Å². The summed E-state index contributed by atoms with van der Waals surface area (Å²) < 4.78 is 46.2. The minimum atomic E-state index is -4.42. The molecule has 0 atom stereocenters. The highest BCUT2D eigenvalue weighted by Gasteiger charge is 2.34. The van der Waals surface area contributed by atoms with Crippen molar-refractivity contribution in [2.45, 2.75) is 32.4 Å². The molecule has 0 fully saturated rings. The van der Waals surface area contributed by atoms with Crippen molar-refractivity contribution in [2.24, 2.45) is 5.73 Å². The molecule has 0 aliphatic heterocycles. The van der Waals surface area contributed by atoms with Gasteiger partial charge in [0.15, 0.2) is 0 Å². The number of aromatic nitrogens is 1. The third-order valence-corrected chi connectivity index (χ3v) is 4.57. The van der Waals surface area contributed by atoms with Crippen LogP contribution >= 0.6 is 0 Å². The summed E-state index contributed by atoms with van der Waals surface area (Å²) in [6.45, 7) is 2.98. The van der Waals surface area contributed by atoms with E-state index in [1.165, 1.54) is 12.1 Å². The zero-order valence-corrected chi connectivity index (χ0v) is 15.2. The number of nitrogens with two attached hydrogens (primary N) is 1. The van der Waals surface area contributed by atoms with Gasteiger partial charge in [-0.1, -0.05) is 18.2 Å². The summed E-state index contributed by atoms with van der Waals surface area (Å²) in [7, 11) is 0. The first-order valence-electron chi connectivity index (χ1n) is 9.09. The van der Waals surface area contributed by atoms with E-state index in [1.807, 2.05) is 25.1 Å². The monoisotopic (exact) mass is 376 g/mol. The van der Waals surface area contributed by atoms with Crippen molar-refractivity contribution in [3.8, 4) is 17.0 Å². The van der Waals surface area contributed by atoms with E-state index in [2.05, 4.69) is 4.98 Å². The molecule has 0 radical (unpaired) electrons. The third-order valence-electron chi connectivity index (χ3n) is 4.57. The molecule has 27 heavy (non-hydrogen) atoms. The average molecular weight is 376 g/mol. The van der Waals surface area contributed by atoms with E-state index < -0.39 is 11.7 Å². The van der Waals surface area contributed by atoms with Crippen molar-refractivity contribution in [3.05, 3.63) is 53.6 Å². The highest BCUT2D eigenvalue weighted by molar-refractivity contribution is 5.92. The number of H-pyrrole nitrogens is 1. The number of hydrogen-bond donors (Lipinski definition) is 2. The zero-order valence-electron chi connectivity index (χ0n) is 15.2. The maximum absolute atomic E-state index is 13.5. The van der Waals surface area contributed by atoms with E-state index in [1.54, 1.807) is 6.07 Å². The Kier molecular flexibility index (Phi) is 5.75. The van der Waals surface area contributed by atoms with E-state index in [9.17, 15) is 13.2 Å². The minimum Gasteiger partial charge on any atom is -0.494 e. The molecule has 2 aromatic carbocycles. The molecule has 3 rings (SSSR count). The number of hydrogen-bond acceptors (Lipinski definition) is 2. The first-order valence-corrected chi connectivity index (χ1v) is 9.09. The number of alkyl halides is 3. The summed E-state index contributed by atoms with van der Waals surface area (Å²) in [5, 5.41) is 0.893. The van der Waals surface area contributed by atoms with E-state index >= 15 is 0 Å². The lowest BCUT2D eigenvalue weighted by molar-refractivity contribution is -0.137. The van der Waals surface area contributed by atoms with Gasteiger partial charge in [-0.2, -0.15) is 13.2 Å². The van der Waals surface area contributed by atoms with Crippen LogP contribution in [-0.4, -0.2) is 18.1 Å². The number of aryl methyl sites for hydroxylation is 1.